The number of nitrogens with one attached hydrogen (secondary N) is 1. The molecular weight excluding hydrogens is 427 g/mol. The van der Waals surface area contributed by atoms with Crippen molar-refractivity contribution in [2.24, 2.45) is 5.73 Å². The summed E-state index contributed by atoms with van der Waals surface area (Å²) in [6.45, 7) is 1.03. The van der Waals surface area contributed by atoms with E-state index in [9.17, 15) is 26.4 Å². The molecule has 1 amide bonds. The molecule has 9 nitrogen and oxygen atoms in total. The molecular formula is C17H22F3N5O4S. The van der Waals surface area contributed by atoms with Crippen molar-refractivity contribution in [1.29, 1.82) is 5.41 Å². The Balaban J connectivity index is 1.52. The van der Waals surface area contributed by atoms with E-state index < -0.39 is 34.1 Å². The summed E-state index contributed by atoms with van der Waals surface area (Å²) in [5.41, 5.74) is 6.54. The highest BCUT2D eigenvalue weighted by Crippen LogP contribution is 2.24. The van der Waals surface area contributed by atoms with Crippen molar-refractivity contribution in [3.8, 4) is 0 Å². The summed E-state index contributed by atoms with van der Waals surface area (Å²) in [5, 5.41) is 7.40. The topological polar surface area (TPSA) is 120 Å². The molecule has 1 atom stereocenters. The van der Waals surface area contributed by atoms with Gasteiger partial charge < -0.3 is 10.5 Å². The van der Waals surface area contributed by atoms with E-state index in [1.54, 1.807) is 24.3 Å². The summed E-state index contributed by atoms with van der Waals surface area (Å²) >= 11 is 0. The van der Waals surface area contributed by atoms with E-state index in [4.69, 9.17) is 15.9 Å². The molecule has 2 saturated heterocycles. The van der Waals surface area contributed by atoms with Crippen LogP contribution in [0.1, 0.15) is 5.56 Å². The Morgan fingerprint density at radius 1 is 1.17 bits per heavy atom. The minimum atomic E-state index is -4.78. The SMILES string of the molecule is N=C(N)c1ccc(N2CC(CN3CCN(S(=O)(=O)CC(F)(F)F)CC3)OC2=O)cc1. The number of carbonyl (C=O) groups excluding carboxylic acids is 1. The van der Waals surface area contributed by atoms with Crippen molar-refractivity contribution in [2.75, 3.05) is 49.9 Å². The van der Waals surface area contributed by atoms with Gasteiger partial charge in [-0.15, -0.1) is 0 Å². The fourth-order valence-corrected chi connectivity index (χ4v) is 4.74. The van der Waals surface area contributed by atoms with Gasteiger partial charge in [0.15, 0.2) is 5.75 Å². The van der Waals surface area contributed by atoms with Crippen molar-refractivity contribution in [3.63, 3.8) is 0 Å². The fraction of sp³-hybridized carbons (Fsp3) is 0.529. The summed E-state index contributed by atoms with van der Waals surface area (Å²) in [6, 6.07) is 6.56. The first kappa shape index (κ1) is 22.3. The number of carbonyl (C=O) groups is 1. The maximum atomic E-state index is 12.4. The lowest BCUT2D eigenvalue weighted by Crippen LogP contribution is -2.52. The number of hydrogen-bond acceptors (Lipinski definition) is 6. The molecule has 2 aliphatic rings. The highest BCUT2D eigenvalue weighted by Gasteiger charge is 2.40. The predicted molar refractivity (Wildman–Crippen MR) is 103 cm³/mol. The average Bonchev–Trinajstić information content (AvgIpc) is 3.00. The van der Waals surface area contributed by atoms with Crippen LogP contribution < -0.4 is 10.6 Å². The quantitative estimate of drug-likeness (QED) is 0.490. The highest BCUT2D eigenvalue weighted by atomic mass is 32.2. The molecule has 166 valence electrons. The Morgan fingerprint density at radius 2 is 1.77 bits per heavy atom. The summed E-state index contributed by atoms with van der Waals surface area (Å²) < 4.78 is 67.2. The third kappa shape index (κ3) is 5.40. The molecule has 13 heteroatoms. The monoisotopic (exact) mass is 449 g/mol. The molecule has 0 aliphatic carbocycles. The van der Waals surface area contributed by atoms with Gasteiger partial charge in [0.05, 0.1) is 6.54 Å². The highest BCUT2D eigenvalue weighted by molar-refractivity contribution is 7.89. The molecule has 2 heterocycles. The zero-order valence-corrected chi connectivity index (χ0v) is 16.7. The normalized spacial score (nSPS) is 21.6. The maximum absolute atomic E-state index is 12.4. The Labute approximate surface area is 171 Å². The van der Waals surface area contributed by atoms with Crippen molar-refractivity contribution >= 4 is 27.6 Å². The standard InChI is InChI=1S/C17H22F3N5O4S/c18-17(19,20)11-30(27,28)24-7-5-23(6-8-24)9-14-10-25(16(26)29-14)13-3-1-12(2-4-13)15(21)22/h1-4,14H,5-11H2,(H3,21,22). The van der Waals surface area contributed by atoms with E-state index in [0.717, 1.165) is 4.31 Å². The molecule has 0 aromatic heterocycles. The molecule has 3 N–H and O–H groups in total. The maximum Gasteiger partial charge on any atom is 0.414 e. The van der Waals surface area contributed by atoms with Gasteiger partial charge in [0.1, 0.15) is 11.9 Å². The van der Waals surface area contributed by atoms with Crippen molar-refractivity contribution in [2.45, 2.75) is 12.3 Å². The molecule has 3 rings (SSSR count). The van der Waals surface area contributed by atoms with Crippen LogP contribution in [0, 0.1) is 5.41 Å². The zero-order valence-electron chi connectivity index (χ0n) is 15.9. The molecule has 0 bridgehead atoms. The second kappa shape index (κ2) is 8.40. The number of anilines is 1. The van der Waals surface area contributed by atoms with Crippen molar-refractivity contribution < 1.29 is 31.1 Å². The van der Waals surface area contributed by atoms with Crippen LogP contribution in [0.15, 0.2) is 24.3 Å². The number of sulfonamides is 1. The van der Waals surface area contributed by atoms with Crippen LogP contribution in [0.25, 0.3) is 0 Å². The van der Waals surface area contributed by atoms with Gasteiger partial charge in [-0.1, -0.05) is 0 Å². The minimum absolute atomic E-state index is 0.0463. The van der Waals surface area contributed by atoms with Gasteiger partial charge in [0, 0.05) is 44.0 Å². The number of rotatable bonds is 6. The molecule has 1 aromatic rings. The third-order valence-corrected chi connectivity index (χ3v) is 6.74. The minimum Gasteiger partial charge on any atom is -0.443 e. The van der Waals surface area contributed by atoms with E-state index in [2.05, 4.69) is 0 Å². The molecule has 2 fully saturated rings. The second-order valence-corrected chi connectivity index (χ2v) is 9.12. The van der Waals surface area contributed by atoms with Gasteiger partial charge >= 0.3 is 12.3 Å². The first-order valence-corrected chi connectivity index (χ1v) is 10.7. The Kier molecular flexibility index (Phi) is 6.24. The first-order chi connectivity index (χ1) is 13.9. The van der Waals surface area contributed by atoms with Crippen molar-refractivity contribution in [3.05, 3.63) is 29.8 Å². The molecule has 1 aromatic carbocycles. The van der Waals surface area contributed by atoms with Gasteiger partial charge in [-0.05, 0) is 24.3 Å². The lowest BCUT2D eigenvalue weighted by Gasteiger charge is -2.34. The smallest absolute Gasteiger partial charge is 0.414 e. The molecule has 1 unspecified atom stereocenters. The summed E-state index contributed by atoms with van der Waals surface area (Å²) in [4.78, 5) is 15.5. The predicted octanol–water partition coefficient (Wildman–Crippen LogP) is 0.806. The summed E-state index contributed by atoms with van der Waals surface area (Å²) in [5.74, 6) is -1.95. The number of benzene rings is 1. The molecule has 0 radical (unpaired) electrons. The lowest BCUT2D eigenvalue weighted by molar-refractivity contribution is -0.107. The number of nitrogen functional groups attached to an aromatic ring is 1. The number of piperazine rings is 1. The van der Waals surface area contributed by atoms with Gasteiger partial charge in [0.25, 0.3) is 0 Å². The first-order valence-electron chi connectivity index (χ1n) is 9.14. The van der Waals surface area contributed by atoms with Gasteiger partial charge in [-0.25, -0.2) is 13.2 Å². The molecule has 2 aliphatic heterocycles. The van der Waals surface area contributed by atoms with Crippen LogP contribution in [-0.4, -0.2) is 86.9 Å². The Hall–Kier alpha value is -2.38. The number of nitrogens with zero attached hydrogens (tertiary/aromatic N) is 3. The van der Waals surface area contributed by atoms with E-state index in [-0.39, 0.29) is 38.6 Å². The summed E-state index contributed by atoms with van der Waals surface area (Å²) in [6.07, 6.45) is -5.76. The number of amides is 1. The Bertz CT molecular complexity index is 899. The van der Waals surface area contributed by atoms with Gasteiger partial charge in [-0.3, -0.25) is 15.2 Å². The molecule has 0 saturated carbocycles. The van der Waals surface area contributed by atoms with Crippen molar-refractivity contribution in [1.82, 2.24) is 9.21 Å². The zero-order chi connectivity index (χ0) is 22.1. The molecule has 0 spiro atoms. The average molecular weight is 449 g/mol. The van der Waals surface area contributed by atoms with Crippen LogP contribution in [0.3, 0.4) is 0 Å². The van der Waals surface area contributed by atoms with E-state index in [1.807, 2.05) is 4.90 Å². The van der Waals surface area contributed by atoms with Crippen LogP contribution in [0.4, 0.5) is 23.7 Å². The number of cyclic esters (lactones) is 1. The lowest BCUT2D eigenvalue weighted by atomic mass is 10.2. The van der Waals surface area contributed by atoms with Crippen LogP contribution in [-0.2, 0) is 14.8 Å². The van der Waals surface area contributed by atoms with Gasteiger partial charge in [-0.2, -0.15) is 17.5 Å². The number of hydrogen-bond donors (Lipinski definition) is 2. The van der Waals surface area contributed by atoms with Gasteiger partial charge in [0.2, 0.25) is 10.0 Å². The number of halogens is 3. The van der Waals surface area contributed by atoms with E-state index in [0.29, 0.717) is 17.8 Å². The van der Waals surface area contributed by atoms with Crippen LogP contribution in [0.2, 0.25) is 0 Å². The van der Waals surface area contributed by atoms with E-state index in [1.165, 1.54) is 4.90 Å². The fourth-order valence-electron chi connectivity index (χ4n) is 3.42. The number of ether oxygens (including phenoxy) is 1. The number of nitrogens with two attached hydrogens (primary N) is 1. The third-order valence-electron chi connectivity index (χ3n) is 4.90. The largest absolute Gasteiger partial charge is 0.443 e. The number of amidine groups is 1. The van der Waals surface area contributed by atoms with Crippen LogP contribution in [0.5, 0.6) is 0 Å². The van der Waals surface area contributed by atoms with Crippen LogP contribution >= 0.6 is 0 Å². The molecule has 30 heavy (non-hydrogen) atoms. The number of alkyl halides is 3. The Morgan fingerprint density at radius 3 is 2.30 bits per heavy atom. The second-order valence-electron chi connectivity index (χ2n) is 7.15. The van der Waals surface area contributed by atoms with E-state index >= 15 is 0 Å². The summed E-state index contributed by atoms with van der Waals surface area (Å²) in [7, 11) is -4.39.